The lowest BCUT2D eigenvalue weighted by molar-refractivity contribution is 1.10. The van der Waals surface area contributed by atoms with Crippen LogP contribution in [0, 0.1) is 5.16 Å². The fourth-order valence-corrected chi connectivity index (χ4v) is 0.335. The van der Waals surface area contributed by atoms with Crippen LogP contribution in [-0.4, -0.2) is 14.1 Å². The monoisotopic (exact) mass is 122 g/mol. The summed E-state index contributed by atoms with van der Waals surface area (Å²) in [6, 6.07) is 0. The normalized spacial score (nSPS) is 11.9. The molecule has 5 heteroatoms. The zero-order valence-corrected chi connectivity index (χ0v) is 5.42. The van der Waals surface area contributed by atoms with Gasteiger partial charge in [-0.05, 0) is 14.1 Å². The summed E-state index contributed by atoms with van der Waals surface area (Å²) in [6.07, 6.45) is 0. The Morgan fingerprint density at radius 3 is 1.71 bits per heavy atom. The average Bonchev–Trinajstić information content (AvgIpc) is 1.68. The molecule has 5 N–H and O–H groups in total. The molecule has 0 aromatic heterocycles. The quantitative estimate of drug-likeness (QED) is 0.387. The number of nitrogens with two attached hydrogens (primary N) is 1. The van der Waals surface area contributed by atoms with Gasteiger partial charge < -0.3 is 0 Å². The van der Waals surface area contributed by atoms with Gasteiger partial charge in [-0.1, -0.05) is 0 Å². The molecule has 0 saturated heterocycles. The summed E-state index contributed by atoms with van der Waals surface area (Å²) in [5.74, 6) is 0. The maximum atomic E-state index is 7.09. The van der Waals surface area contributed by atoms with Crippen molar-refractivity contribution in [3.63, 3.8) is 0 Å². The molecule has 0 fully saturated rings. The number of hydrogen-bond donors (Lipinski definition) is 4. The second-order valence-corrected chi connectivity index (χ2v) is 3.51. The third-order valence-corrected chi connectivity index (χ3v) is 2.12. The molecule has 0 amide bonds. The predicted molar refractivity (Wildman–Crippen MR) is 31.9 cm³/mol. The molecule has 4 nitrogen and oxygen atoms in total. The number of hydrogen-bond acceptors (Lipinski definition) is 1. The van der Waals surface area contributed by atoms with E-state index in [0.717, 1.165) is 0 Å². The molecular weight excluding hydrogens is 111 g/mol. The molecule has 0 unspecified atom stereocenters. The van der Waals surface area contributed by atoms with Crippen LogP contribution in [0.4, 0.5) is 0 Å². The summed E-state index contributed by atoms with van der Waals surface area (Å²) in [4.78, 5) is 0. The molecule has 0 saturated carbocycles. The lowest BCUT2D eigenvalue weighted by Crippen LogP contribution is -2.20. The van der Waals surface area contributed by atoms with Gasteiger partial charge in [0.1, 0.15) is 0 Å². The largest absolute Gasteiger partial charge is 0.277 e. The van der Waals surface area contributed by atoms with Crippen LogP contribution in [0.25, 0.3) is 0 Å². The second kappa shape index (κ2) is 2.43. The zero-order chi connectivity index (χ0) is 5.91. The van der Waals surface area contributed by atoms with Crippen LogP contribution in [-0.2, 0) is 0 Å². The van der Waals surface area contributed by atoms with E-state index in [9.17, 15) is 0 Å². The smallest absolute Gasteiger partial charge is 0.153 e. The molecule has 0 heterocycles. The summed E-state index contributed by atoms with van der Waals surface area (Å²) >= 11 is 0. The first-order chi connectivity index (χ1) is 3.12. The van der Waals surface area contributed by atoms with Gasteiger partial charge in [0.2, 0.25) is 0 Å². The van der Waals surface area contributed by atoms with E-state index < -0.39 is 7.51 Å². The Bertz CT molecular complexity index is 81.7. The number of rotatable bonds is 2. The fourth-order valence-electron chi connectivity index (χ4n) is 0.112. The Labute approximate surface area is 43.5 Å². The molecule has 0 aliphatic rings. The van der Waals surface area contributed by atoms with Gasteiger partial charge in [0, 0.05) is 0 Å². The lowest BCUT2D eigenvalue weighted by atomic mass is 11.6. The molecule has 0 aromatic carbocycles. The fraction of sp³-hybridized carbons (Fsp3) is 1.00. The molecule has 7 heavy (non-hydrogen) atoms. The average molecular weight is 122 g/mol. The minimum atomic E-state index is -2.15. The molecule has 0 aliphatic carbocycles. The predicted octanol–water partition coefficient (Wildman–Crippen LogP) is -0.0911. The Balaban J connectivity index is 3.61. The molecule has 0 aromatic rings. The SMILES string of the molecule is CNP(=N)(N)NC. The molecule has 44 valence electrons. The minimum Gasteiger partial charge on any atom is -0.277 e. The van der Waals surface area contributed by atoms with Crippen LogP contribution in [0.2, 0.25) is 0 Å². The van der Waals surface area contributed by atoms with Gasteiger partial charge in [0.05, 0.1) is 0 Å². The van der Waals surface area contributed by atoms with Gasteiger partial charge in [-0.25, -0.2) is 0 Å². The summed E-state index contributed by atoms with van der Waals surface area (Å²) in [6.45, 7) is 0. The molecule has 0 radical (unpaired) electrons. The molecule has 0 bridgehead atoms. The van der Waals surface area contributed by atoms with Crippen LogP contribution < -0.4 is 15.7 Å². The van der Waals surface area contributed by atoms with E-state index in [2.05, 4.69) is 10.2 Å². The zero-order valence-electron chi connectivity index (χ0n) is 4.52. The van der Waals surface area contributed by atoms with Crippen molar-refractivity contribution in [2.75, 3.05) is 14.1 Å². The first kappa shape index (κ1) is 7.11. The van der Waals surface area contributed by atoms with Crippen molar-refractivity contribution >= 4 is 7.51 Å². The van der Waals surface area contributed by atoms with Crippen molar-refractivity contribution in [1.82, 2.24) is 10.2 Å². The van der Waals surface area contributed by atoms with E-state index in [0.29, 0.717) is 0 Å². The topological polar surface area (TPSA) is 73.9 Å². The van der Waals surface area contributed by atoms with Crippen molar-refractivity contribution in [1.29, 1.82) is 5.16 Å². The third-order valence-electron chi connectivity index (χ3n) is 0.705. The maximum Gasteiger partial charge on any atom is 0.153 e. The highest BCUT2D eigenvalue weighted by Crippen LogP contribution is 2.21. The highest BCUT2D eigenvalue weighted by Gasteiger charge is 1.98. The Morgan fingerprint density at radius 1 is 1.43 bits per heavy atom. The Hall–Kier alpha value is 0.110. The van der Waals surface area contributed by atoms with Crippen LogP contribution in [0.5, 0.6) is 0 Å². The van der Waals surface area contributed by atoms with Crippen LogP contribution >= 0.6 is 7.51 Å². The molecule has 0 spiro atoms. The van der Waals surface area contributed by atoms with Gasteiger partial charge in [-0.3, -0.25) is 20.8 Å². The van der Waals surface area contributed by atoms with Crippen molar-refractivity contribution < 1.29 is 0 Å². The van der Waals surface area contributed by atoms with Crippen molar-refractivity contribution in [2.24, 2.45) is 5.50 Å². The summed E-state index contributed by atoms with van der Waals surface area (Å²) in [7, 11) is 1.17. The van der Waals surface area contributed by atoms with Crippen molar-refractivity contribution in [2.45, 2.75) is 0 Å². The van der Waals surface area contributed by atoms with E-state index >= 15 is 0 Å². The minimum absolute atomic E-state index is 1.66. The van der Waals surface area contributed by atoms with E-state index in [1.54, 1.807) is 14.1 Å². The van der Waals surface area contributed by atoms with Crippen molar-refractivity contribution in [3.05, 3.63) is 0 Å². The van der Waals surface area contributed by atoms with Gasteiger partial charge in [0.15, 0.2) is 7.51 Å². The van der Waals surface area contributed by atoms with E-state index in [4.69, 9.17) is 10.7 Å². The molecular formula is C2H11N4P. The highest BCUT2D eigenvalue weighted by atomic mass is 31.2. The van der Waals surface area contributed by atoms with Crippen LogP contribution in [0.3, 0.4) is 0 Å². The van der Waals surface area contributed by atoms with Crippen molar-refractivity contribution in [3.8, 4) is 0 Å². The van der Waals surface area contributed by atoms with Crippen LogP contribution in [0.1, 0.15) is 0 Å². The van der Waals surface area contributed by atoms with E-state index in [-0.39, 0.29) is 0 Å². The first-order valence-corrected chi connectivity index (χ1v) is 3.79. The third kappa shape index (κ3) is 2.76. The summed E-state index contributed by atoms with van der Waals surface area (Å²) < 4.78 is 0. The van der Waals surface area contributed by atoms with Gasteiger partial charge in [-0.15, -0.1) is 0 Å². The molecule has 0 aliphatic heterocycles. The maximum absolute atomic E-state index is 7.09. The highest BCUT2D eigenvalue weighted by molar-refractivity contribution is 7.58. The van der Waals surface area contributed by atoms with E-state index in [1.807, 2.05) is 0 Å². The van der Waals surface area contributed by atoms with Crippen LogP contribution in [0.15, 0.2) is 0 Å². The summed E-state index contributed by atoms with van der Waals surface area (Å²) in [5, 5.41) is 12.4. The number of nitrogens with one attached hydrogen (secondary N) is 3. The summed E-state index contributed by atoms with van der Waals surface area (Å²) in [5.41, 5.74) is 5.27. The van der Waals surface area contributed by atoms with Gasteiger partial charge in [-0.2, -0.15) is 0 Å². The standard InChI is InChI=1S/C2H11N4P/c1-5-7(3,4)6-2/h1-2H3,(H5,3,4,5,6). The molecule has 0 rings (SSSR count). The molecule has 0 atom stereocenters. The Kier molecular flexibility index (Phi) is 2.46. The van der Waals surface area contributed by atoms with E-state index in [1.165, 1.54) is 0 Å². The van der Waals surface area contributed by atoms with Gasteiger partial charge in [0.25, 0.3) is 0 Å². The lowest BCUT2D eigenvalue weighted by Gasteiger charge is -2.11. The first-order valence-electron chi connectivity index (χ1n) is 1.93. The Morgan fingerprint density at radius 2 is 1.71 bits per heavy atom. The van der Waals surface area contributed by atoms with Gasteiger partial charge >= 0.3 is 0 Å². The second-order valence-electron chi connectivity index (χ2n) is 1.17.